The summed E-state index contributed by atoms with van der Waals surface area (Å²) in [5.74, 6) is 0. The molecule has 0 unspecified atom stereocenters. The van der Waals surface area contributed by atoms with Crippen LogP contribution in [-0.4, -0.2) is 16.8 Å². The van der Waals surface area contributed by atoms with Gasteiger partial charge in [0, 0.05) is 12.7 Å². The van der Waals surface area contributed by atoms with Crippen molar-refractivity contribution in [3.63, 3.8) is 0 Å². The van der Waals surface area contributed by atoms with Crippen molar-refractivity contribution in [3.05, 3.63) is 52.3 Å². The second kappa shape index (κ2) is 5.36. The lowest BCUT2D eigenvalue weighted by atomic mass is 10.00. The van der Waals surface area contributed by atoms with Gasteiger partial charge in [-0.1, -0.05) is 17.7 Å². The van der Waals surface area contributed by atoms with Gasteiger partial charge in [0.15, 0.2) is 0 Å². The van der Waals surface area contributed by atoms with Crippen molar-refractivity contribution in [3.8, 4) is 0 Å². The van der Waals surface area contributed by atoms with Crippen LogP contribution in [0.4, 0.5) is 0 Å². The van der Waals surface area contributed by atoms with Crippen LogP contribution in [0.2, 0.25) is 0 Å². The van der Waals surface area contributed by atoms with E-state index in [-0.39, 0.29) is 0 Å². The minimum atomic E-state index is 0.849. The van der Waals surface area contributed by atoms with Gasteiger partial charge in [0.05, 0.1) is 12.2 Å². The van der Waals surface area contributed by atoms with Crippen LogP contribution in [0.5, 0.6) is 0 Å². The SMILES string of the molecule is CNCc1ccnn1Cc1c(C)cc(C)cc1C. The van der Waals surface area contributed by atoms with Gasteiger partial charge in [0.1, 0.15) is 0 Å². The lowest BCUT2D eigenvalue weighted by Crippen LogP contribution is -2.14. The largest absolute Gasteiger partial charge is 0.314 e. The molecule has 1 aromatic heterocycles. The lowest BCUT2D eigenvalue weighted by molar-refractivity contribution is 0.619. The monoisotopic (exact) mass is 243 g/mol. The number of nitrogens with one attached hydrogen (secondary N) is 1. The highest BCUT2D eigenvalue weighted by Gasteiger charge is 2.07. The van der Waals surface area contributed by atoms with Crippen molar-refractivity contribution in [1.82, 2.24) is 15.1 Å². The zero-order valence-corrected chi connectivity index (χ0v) is 11.6. The van der Waals surface area contributed by atoms with E-state index in [0.29, 0.717) is 0 Å². The first-order chi connectivity index (χ1) is 8.61. The van der Waals surface area contributed by atoms with E-state index < -0.39 is 0 Å². The van der Waals surface area contributed by atoms with Crippen LogP contribution >= 0.6 is 0 Å². The fraction of sp³-hybridized carbons (Fsp3) is 0.400. The minimum Gasteiger partial charge on any atom is -0.314 e. The Labute approximate surface area is 109 Å². The van der Waals surface area contributed by atoms with E-state index in [2.05, 4.69) is 54.1 Å². The summed E-state index contributed by atoms with van der Waals surface area (Å²) in [6.07, 6.45) is 1.87. The molecule has 0 aliphatic rings. The second-order valence-electron chi connectivity index (χ2n) is 4.89. The molecule has 0 radical (unpaired) electrons. The molecule has 0 fully saturated rings. The number of nitrogens with zero attached hydrogens (tertiary/aromatic N) is 2. The van der Waals surface area contributed by atoms with Crippen molar-refractivity contribution in [1.29, 1.82) is 0 Å². The van der Waals surface area contributed by atoms with Crippen LogP contribution < -0.4 is 5.32 Å². The average Bonchev–Trinajstić information content (AvgIpc) is 2.71. The highest BCUT2D eigenvalue weighted by Crippen LogP contribution is 2.18. The summed E-state index contributed by atoms with van der Waals surface area (Å²) in [5, 5.41) is 7.59. The van der Waals surface area contributed by atoms with Gasteiger partial charge >= 0.3 is 0 Å². The molecule has 3 nitrogen and oxygen atoms in total. The van der Waals surface area contributed by atoms with Crippen LogP contribution in [-0.2, 0) is 13.1 Å². The average molecular weight is 243 g/mol. The highest BCUT2D eigenvalue weighted by atomic mass is 15.3. The van der Waals surface area contributed by atoms with Crippen LogP contribution in [0, 0.1) is 20.8 Å². The Morgan fingerprint density at radius 2 is 1.83 bits per heavy atom. The fourth-order valence-electron chi connectivity index (χ4n) is 2.44. The van der Waals surface area contributed by atoms with Gasteiger partial charge in [0.2, 0.25) is 0 Å². The Balaban J connectivity index is 2.31. The van der Waals surface area contributed by atoms with E-state index >= 15 is 0 Å². The standard InChI is InChI=1S/C15H21N3/c1-11-7-12(2)15(13(3)8-11)10-18-14(9-16-4)5-6-17-18/h5-8,16H,9-10H2,1-4H3. The summed E-state index contributed by atoms with van der Waals surface area (Å²) in [6.45, 7) is 8.20. The fourth-order valence-corrected chi connectivity index (χ4v) is 2.44. The molecular weight excluding hydrogens is 222 g/mol. The lowest BCUT2D eigenvalue weighted by Gasteiger charge is -2.13. The van der Waals surface area contributed by atoms with Crippen molar-refractivity contribution in [2.75, 3.05) is 7.05 Å². The maximum atomic E-state index is 4.41. The second-order valence-corrected chi connectivity index (χ2v) is 4.89. The maximum absolute atomic E-state index is 4.41. The first-order valence-electron chi connectivity index (χ1n) is 6.34. The third kappa shape index (κ3) is 2.62. The zero-order chi connectivity index (χ0) is 13.1. The van der Waals surface area contributed by atoms with Gasteiger partial charge in [-0.2, -0.15) is 5.10 Å². The minimum absolute atomic E-state index is 0.849. The van der Waals surface area contributed by atoms with E-state index in [1.807, 2.05) is 13.2 Å². The molecule has 1 aromatic carbocycles. The molecule has 0 aliphatic heterocycles. The molecule has 0 atom stereocenters. The number of benzene rings is 1. The molecule has 18 heavy (non-hydrogen) atoms. The molecule has 1 N–H and O–H groups in total. The molecule has 3 heteroatoms. The molecule has 0 saturated carbocycles. The van der Waals surface area contributed by atoms with E-state index in [9.17, 15) is 0 Å². The molecule has 0 bridgehead atoms. The zero-order valence-electron chi connectivity index (χ0n) is 11.6. The van der Waals surface area contributed by atoms with Crippen LogP contribution in [0.3, 0.4) is 0 Å². The summed E-state index contributed by atoms with van der Waals surface area (Å²) in [6, 6.07) is 6.54. The molecular formula is C15H21N3. The highest BCUT2D eigenvalue weighted by molar-refractivity contribution is 5.37. The van der Waals surface area contributed by atoms with Gasteiger partial charge < -0.3 is 5.32 Å². The molecule has 0 amide bonds. The van der Waals surface area contributed by atoms with Gasteiger partial charge in [-0.3, -0.25) is 4.68 Å². The molecule has 0 spiro atoms. The predicted octanol–water partition coefficient (Wildman–Crippen LogP) is 2.58. The smallest absolute Gasteiger partial charge is 0.0668 e. The third-order valence-corrected chi connectivity index (χ3v) is 3.31. The topological polar surface area (TPSA) is 29.9 Å². The summed E-state index contributed by atoms with van der Waals surface area (Å²) in [4.78, 5) is 0. The maximum Gasteiger partial charge on any atom is 0.0668 e. The summed E-state index contributed by atoms with van der Waals surface area (Å²) in [5.41, 5.74) is 6.61. The summed E-state index contributed by atoms with van der Waals surface area (Å²) < 4.78 is 2.07. The number of hydrogen-bond donors (Lipinski definition) is 1. The molecule has 2 aromatic rings. The van der Waals surface area contributed by atoms with Crippen molar-refractivity contribution in [2.24, 2.45) is 0 Å². The normalized spacial score (nSPS) is 10.9. The van der Waals surface area contributed by atoms with Crippen LogP contribution in [0.15, 0.2) is 24.4 Å². The molecule has 0 aliphatic carbocycles. The van der Waals surface area contributed by atoms with Gasteiger partial charge in [-0.15, -0.1) is 0 Å². The molecule has 0 saturated heterocycles. The van der Waals surface area contributed by atoms with Gasteiger partial charge in [0.25, 0.3) is 0 Å². The third-order valence-electron chi connectivity index (χ3n) is 3.31. The van der Waals surface area contributed by atoms with E-state index in [0.717, 1.165) is 13.1 Å². The van der Waals surface area contributed by atoms with E-state index in [1.54, 1.807) is 0 Å². The predicted molar refractivity (Wildman–Crippen MR) is 74.7 cm³/mol. The molecule has 1 heterocycles. The number of hydrogen-bond acceptors (Lipinski definition) is 2. The Hall–Kier alpha value is -1.61. The Bertz CT molecular complexity index is 517. The van der Waals surface area contributed by atoms with E-state index in [1.165, 1.54) is 27.9 Å². The van der Waals surface area contributed by atoms with Crippen LogP contribution in [0.1, 0.15) is 27.9 Å². The van der Waals surface area contributed by atoms with Crippen molar-refractivity contribution >= 4 is 0 Å². The molecule has 2 rings (SSSR count). The summed E-state index contributed by atoms with van der Waals surface area (Å²) >= 11 is 0. The number of aryl methyl sites for hydroxylation is 3. The number of rotatable bonds is 4. The first kappa shape index (κ1) is 12.8. The van der Waals surface area contributed by atoms with Crippen molar-refractivity contribution < 1.29 is 0 Å². The summed E-state index contributed by atoms with van der Waals surface area (Å²) in [7, 11) is 1.96. The quantitative estimate of drug-likeness (QED) is 0.894. The first-order valence-corrected chi connectivity index (χ1v) is 6.34. The van der Waals surface area contributed by atoms with Crippen molar-refractivity contribution in [2.45, 2.75) is 33.9 Å². The Kier molecular flexibility index (Phi) is 3.82. The Morgan fingerprint density at radius 1 is 1.17 bits per heavy atom. The number of aromatic nitrogens is 2. The van der Waals surface area contributed by atoms with Gasteiger partial charge in [-0.25, -0.2) is 0 Å². The van der Waals surface area contributed by atoms with Gasteiger partial charge in [-0.05, 0) is 50.6 Å². The Morgan fingerprint density at radius 3 is 2.44 bits per heavy atom. The van der Waals surface area contributed by atoms with E-state index in [4.69, 9.17) is 0 Å². The van der Waals surface area contributed by atoms with Crippen LogP contribution in [0.25, 0.3) is 0 Å². The molecule has 96 valence electrons.